The predicted octanol–water partition coefficient (Wildman–Crippen LogP) is 7.30. The smallest absolute Gasteiger partial charge is 0.295 e. The summed E-state index contributed by atoms with van der Waals surface area (Å²) in [6.07, 6.45) is 2.02. The molecule has 0 aliphatic carbocycles. The van der Waals surface area contributed by atoms with Crippen LogP contribution < -0.4 is 15.1 Å². The van der Waals surface area contributed by atoms with E-state index < -0.39 is 6.04 Å². The molecule has 1 aromatic heterocycles. The molecule has 0 saturated carbocycles. The molecule has 3 aromatic carbocycles. The number of anilines is 1. The van der Waals surface area contributed by atoms with Crippen molar-refractivity contribution >= 4 is 34.2 Å². The highest BCUT2D eigenvalue weighted by Crippen LogP contribution is 2.42. The van der Waals surface area contributed by atoms with Gasteiger partial charge in [0.2, 0.25) is 5.76 Å². The summed E-state index contributed by atoms with van der Waals surface area (Å²) in [5.74, 6) is 0.453. The highest BCUT2D eigenvalue weighted by molar-refractivity contribution is 6.31. The Hall–Kier alpha value is -3.57. The number of ether oxygens (including phenoxy) is 1. The molecule has 1 atom stereocenters. The van der Waals surface area contributed by atoms with Crippen LogP contribution in [0.1, 0.15) is 64.2 Å². The zero-order valence-corrected chi connectivity index (χ0v) is 21.6. The van der Waals surface area contributed by atoms with Crippen LogP contribution in [0.25, 0.3) is 11.0 Å². The minimum atomic E-state index is -0.654. The molecule has 5 nitrogen and oxygen atoms in total. The predicted molar refractivity (Wildman–Crippen MR) is 144 cm³/mol. The molecule has 1 unspecified atom stereocenters. The van der Waals surface area contributed by atoms with Crippen molar-refractivity contribution in [2.24, 2.45) is 0 Å². The highest BCUT2D eigenvalue weighted by Gasteiger charge is 2.43. The third-order valence-corrected chi connectivity index (χ3v) is 7.29. The number of benzene rings is 3. The van der Waals surface area contributed by atoms with Gasteiger partial charge in [0.1, 0.15) is 11.3 Å². The largest absolute Gasteiger partial charge is 0.494 e. The van der Waals surface area contributed by atoms with E-state index in [1.54, 1.807) is 11.0 Å². The average molecular weight is 502 g/mol. The lowest BCUT2D eigenvalue weighted by Gasteiger charge is -2.26. The SMILES string of the molecule is CCCCOc1ccc(C2c3c(oc4cc(C)c(C)cc4c3=O)C(=O)N2c2ccc(C)c(Cl)c2)cc1. The minimum absolute atomic E-state index is 0.0701. The average Bonchev–Trinajstić information content (AvgIpc) is 3.15. The monoisotopic (exact) mass is 501 g/mol. The van der Waals surface area contributed by atoms with E-state index in [0.29, 0.717) is 33.8 Å². The molecule has 4 aromatic rings. The summed E-state index contributed by atoms with van der Waals surface area (Å²) in [5.41, 5.74) is 4.84. The topological polar surface area (TPSA) is 59.8 Å². The fraction of sp³-hybridized carbons (Fsp3) is 0.267. The van der Waals surface area contributed by atoms with Crippen molar-refractivity contribution in [2.75, 3.05) is 11.5 Å². The van der Waals surface area contributed by atoms with E-state index in [1.807, 2.05) is 69.3 Å². The van der Waals surface area contributed by atoms with Crippen molar-refractivity contribution in [3.8, 4) is 5.75 Å². The molecular formula is C30H28ClNO4. The number of unbranched alkanes of at least 4 members (excludes halogenated alkanes) is 1. The number of rotatable bonds is 6. The standard InChI is InChI=1S/C30H28ClNO4/c1-5-6-13-35-22-11-8-20(9-12-22)27-26-28(33)23-14-18(3)19(4)15-25(23)36-29(26)30(34)32(27)21-10-7-17(2)24(31)16-21/h7-12,14-16,27H,5-6,13H2,1-4H3. The lowest BCUT2D eigenvalue weighted by atomic mass is 9.97. The Morgan fingerprint density at radius 2 is 1.67 bits per heavy atom. The highest BCUT2D eigenvalue weighted by atomic mass is 35.5. The summed E-state index contributed by atoms with van der Waals surface area (Å²) >= 11 is 6.44. The quantitative estimate of drug-likeness (QED) is 0.260. The number of nitrogens with zero attached hydrogens (tertiary/aromatic N) is 1. The summed E-state index contributed by atoms with van der Waals surface area (Å²) in [6.45, 7) is 8.58. The Morgan fingerprint density at radius 1 is 0.944 bits per heavy atom. The Balaban J connectivity index is 1.70. The van der Waals surface area contributed by atoms with Crippen molar-refractivity contribution in [1.29, 1.82) is 0 Å². The number of hydrogen-bond acceptors (Lipinski definition) is 4. The molecule has 184 valence electrons. The number of amides is 1. The minimum Gasteiger partial charge on any atom is -0.494 e. The molecule has 6 heteroatoms. The second kappa shape index (κ2) is 9.47. The van der Waals surface area contributed by atoms with Crippen LogP contribution >= 0.6 is 11.6 Å². The molecule has 1 amide bonds. The molecule has 36 heavy (non-hydrogen) atoms. The number of carbonyl (C=O) groups excluding carboxylic acids is 1. The van der Waals surface area contributed by atoms with E-state index in [-0.39, 0.29) is 17.1 Å². The van der Waals surface area contributed by atoms with Crippen LogP contribution in [0.3, 0.4) is 0 Å². The van der Waals surface area contributed by atoms with Crippen LogP contribution in [0.15, 0.2) is 63.8 Å². The molecule has 2 heterocycles. The maximum absolute atomic E-state index is 13.9. The first-order chi connectivity index (χ1) is 17.3. The number of fused-ring (bicyclic) bond motifs is 2. The van der Waals surface area contributed by atoms with Crippen molar-refractivity contribution in [3.05, 3.63) is 103 Å². The molecule has 0 spiro atoms. The second-order valence-electron chi connectivity index (χ2n) is 9.39. The van der Waals surface area contributed by atoms with E-state index in [9.17, 15) is 9.59 Å². The van der Waals surface area contributed by atoms with Crippen LogP contribution in [0, 0.1) is 20.8 Å². The van der Waals surface area contributed by atoms with Gasteiger partial charge in [-0.25, -0.2) is 0 Å². The Morgan fingerprint density at radius 3 is 2.36 bits per heavy atom. The summed E-state index contributed by atoms with van der Waals surface area (Å²) in [6, 6.07) is 16.0. The van der Waals surface area contributed by atoms with Crippen molar-refractivity contribution in [3.63, 3.8) is 0 Å². The first kappa shape index (κ1) is 24.1. The van der Waals surface area contributed by atoms with Crippen LogP contribution in [-0.4, -0.2) is 12.5 Å². The maximum atomic E-state index is 13.9. The van der Waals surface area contributed by atoms with E-state index in [1.165, 1.54) is 0 Å². The number of halogens is 1. The van der Waals surface area contributed by atoms with Gasteiger partial charge < -0.3 is 9.15 Å². The van der Waals surface area contributed by atoms with Gasteiger partial charge >= 0.3 is 0 Å². The zero-order valence-electron chi connectivity index (χ0n) is 20.9. The normalized spacial score (nSPS) is 15.0. The summed E-state index contributed by atoms with van der Waals surface area (Å²) in [4.78, 5) is 29.3. The van der Waals surface area contributed by atoms with E-state index >= 15 is 0 Å². The van der Waals surface area contributed by atoms with Crippen molar-refractivity contribution in [1.82, 2.24) is 0 Å². The second-order valence-corrected chi connectivity index (χ2v) is 9.80. The van der Waals surface area contributed by atoms with Crippen LogP contribution in [0.5, 0.6) is 5.75 Å². The molecule has 0 fully saturated rings. The molecule has 1 aliphatic rings. The molecule has 1 aliphatic heterocycles. The van der Waals surface area contributed by atoms with Gasteiger partial charge in [0.25, 0.3) is 5.91 Å². The summed E-state index contributed by atoms with van der Waals surface area (Å²) in [5, 5.41) is 1.02. The number of hydrogen-bond donors (Lipinski definition) is 0. The van der Waals surface area contributed by atoms with Crippen molar-refractivity contribution in [2.45, 2.75) is 46.6 Å². The van der Waals surface area contributed by atoms with E-state index in [0.717, 1.165) is 40.8 Å². The van der Waals surface area contributed by atoms with Gasteiger partial charge in [0, 0.05) is 10.7 Å². The van der Waals surface area contributed by atoms with Gasteiger partial charge in [-0.15, -0.1) is 0 Å². The molecule has 0 radical (unpaired) electrons. The molecule has 5 rings (SSSR count). The van der Waals surface area contributed by atoms with Gasteiger partial charge in [0.05, 0.1) is 23.6 Å². The van der Waals surface area contributed by atoms with E-state index in [2.05, 4.69) is 6.92 Å². The summed E-state index contributed by atoms with van der Waals surface area (Å²) in [7, 11) is 0. The van der Waals surface area contributed by atoms with E-state index in [4.69, 9.17) is 20.8 Å². The van der Waals surface area contributed by atoms with Crippen LogP contribution in [0.4, 0.5) is 5.69 Å². The van der Waals surface area contributed by atoms with Crippen LogP contribution in [0.2, 0.25) is 5.02 Å². The first-order valence-electron chi connectivity index (χ1n) is 12.2. The van der Waals surface area contributed by atoms with Gasteiger partial charge in [-0.1, -0.05) is 43.1 Å². The lowest BCUT2D eigenvalue weighted by Crippen LogP contribution is -2.29. The Kier molecular flexibility index (Phi) is 6.35. The molecule has 0 N–H and O–H groups in total. The molecule has 0 bridgehead atoms. The third-order valence-electron chi connectivity index (χ3n) is 6.88. The maximum Gasteiger partial charge on any atom is 0.295 e. The third kappa shape index (κ3) is 4.07. The fourth-order valence-corrected chi connectivity index (χ4v) is 4.80. The van der Waals surface area contributed by atoms with Crippen LogP contribution in [-0.2, 0) is 0 Å². The van der Waals surface area contributed by atoms with Gasteiger partial charge in [0.15, 0.2) is 5.43 Å². The van der Waals surface area contributed by atoms with Gasteiger partial charge in [-0.05, 0) is 85.8 Å². The molecule has 0 saturated heterocycles. The Labute approximate surface area is 215 Å². The lowest BCUT2D eigenvalue weighted by molar-refractivity contribution is 0.0971. The fourth-order valence-electron chi connectivity index (χ4n) is 4.62. The molecular weight excluding hydrogens is 474 g/mol. The number of carbonyl (C=O) groups is 1. The van der Waals surface area contributed by atoms with Crippen molar-refractivity contribution < 1.29 is 13.9 Å². The first-order valence-corrected chi connectivity index (χ1v) is 12.6. The van der Waals surface area contributed by atoms with Gasteiger partial charge in [-0.2, -0.15) is 0 Å². The van der Waals surface area contributed by atoms with Gasteiger partial charge in [-0.3, -0.25) is 14.5 Å². The number of aryl methyl sites for hydroxylation is 3. The Bertz CT molecular complexity index is 1540. The summed E-state index contributed by atoms with van der Waals surface area (Å²) < 4.78 is 12.0. The zero-order chi connectivity index (χ0) is 25.6.